The van der Waals surface area contributed by atoms with Gasteiger partial charge in [0.2, 0.25) is 5.88 Å². The van der Waals surface area contributed by atoms with E-state index >= 15 is 0 Å². The SMILES string of the molecule is Cc1cc(OCC(=O)CC23CC(NC(=O)c4ccc(OC5COC5)nc4)(C2)C3)ccc1Cl.Cc1ccc(OCC(=O)NC23CCC(NC(=O)c4cnc(C(F)F)cn4)(CC2)[C@@H](O)C3)cc1F.Cc1ccc(OCC(=O)NC23CCC(NC(=O)c4cnc(C(F)F)cn4)(CC2)[C@H](O)C3)cc1F.Cc1nc(C)c(C(=O)CC23CC(NC(=O)COc4ccc(Cl)c(F)c4)(C2)C3)s1. The number of alkyl halides is 4. The number of carbonyl (C=O) groups is 8. The lowest BCUT2D eigenvalue weighted by atomic mass is 9.38. The first kappa shape index (κ1) is 93.1. The third-order valence-electron chi connectivity index (χ3n) is 25.5. The van der Waals surface area contributed by atoms with E-state index in [0.29, 0.717) is 111 Å². The summed E-state index contributed by atoms with van der Waals surface area (Å²) < 4.78 is 124. The number of carbonyl (C=O) groups excluding carboxylic acids is 8. The van der Waals surface area contributed by atoms with Gasteiger partial charge in [0.15, 0.2) is 31.4 Å². The molecule has 0 radical (unpaired) electrons. The van der Waals surface area contributed by atoms with E-state index in [1.807, 2.05) is 26.8 Å². The monoisotopic (exact) mass is 1830 g/mol. The Morgan fingerprint density at radius 1 is 0.477 bits per heavy atom. The molecule has 680 valence electrons. The number of pyridine rings is 1. The highest BCUT2D eigenvalue weighted by molar-refractivity contribution is 7.13. The molecule has 0 unspecified atom stereocenters. The second-order valence-corrected chi connectivity index (χ2v) is 37.3. The summed E-state index contributed by atoms with van der Waals surface area (Å²) in [6.07, 6.45) is 7.89. The minimum absolute atomic E-state index is 0.00439. The number of aryl methyl sites for hydroxylation is 5. The molecule has 28 nitrogen and oxygen atoms in total. The Morgan fingerprint density at radius 2 is 0.914 bits per heavy atom. The number of rotatable bonds is 30. The number of nitrogens with one attached hydrogen (secondary N) is 6. The van der Waals surface area contributed by atoms with E-state index in [1.165, 1.54) is 41.8 Å². The Balaban J connectivity index is 0.000000138. The highest BCUT2D eigenvalue weighted by atomic mass is 35.5. The molecule has 128 heavy (non-hydrogen) atoms. The second-order valence-electron chi connectivity index (χ2n) is 35.3. The van der Waals surface area contributed by atoms with E-state index in [4.69, 9.17) is 51.6 Å². The number of hydrogen-bond acceptors (Lipinski definition) is 23. The van der Waals surface area contributed by atoms with Crippen molar-refractivity contribution >= 4 is 81.5 Å². The van der Waals surface area contributed by atoms with Crippen LogP contribution in [0.5, 0.6) is 28.9 Å². The summed E-state index contributed by atoms with van der Waals surface area (Å²) in [5.74, 6) is -1.70. The lowest BCUT2D eigenvalue weighted by Crippen LogP contribution is -2.75. The first-order valence-corrected chi connectivity index (χ1v) is 43.2. The van der Waals surface area contributed by atoms with Crippen LogP contribution in [0.1, 0.15) is 208 Å². The lowest BCUT2D eigenvalue weighted by molar-refractivity contribution is -0.164. The number of Topliss-reactive ketones (excluding diaryl/α,β-unsaturated/α-hetero) is 2. The van der Waals surface area contributed by atoms with Gasteiger partial charge in [0.05, 0.1) is 87.5 Å². The summed E-state index contributed by atoms with van der Waals surface area (Å²) >= 11 is 13.1. The number of thiazole rings is 1. The Hall–Kier alpha value is -11.1. The number of fused-ring (bicyclic) bond motifs is 6. The van der Waals surface area contributed by atoms with Gasteiger partial charge in [-0.05, 0) is 213 Å². The van der Waals surface area contributed by atoms with Crippen LogP contribution in [-0.2, 0) is 23.9 Å². The normalized spacial score (nSPS) is 25.5. The van der Waals surface area contributed by atoms with Gasteiger partial charge in [0.1, 0.15) is 75.9 Å². The van der Waals surface area contributed by atoms with Crippen molar-refractivity contribution in [2.45, 2.75) is 215 Å². The van der Waals surface area contributed by atoms with Gasteiger partial charge < -0.3 is 70.5 Å². The van der Waals surface area contributed by atoms with Gasteiger partial charge in [-0.1, -0.05) is 35.3 Å². The van der Waals surface area contributed by atoms with Crippen LogP contribution in [0.2, 0.25) is 10.0 Å². The Bertz CT molecular complexity index is 5300. The molecule has 8 N–H and O–H groups in total. The van der Waals surface area contributed by atoms with E-state index in [-0.39, 0.29) is 136 Å². The molecule has 0 spiro atoms. The summed E-state index contributed by atoms with van der Waals surface area (Å²) in [6.45, 7) is 9.34. The minimum atomic E-state index is -2.78. The topological polar surface area (TPSA) is 382 Å². The van der Waals surface area contributed by atoms with E-state index < -0.39 is 87.9 Å². The molecule has 8 bridgehead atoms. The molecule has 2 atom stereocenters. The van der Waals surface area contributed by atoms with Gasteiger partial charge in [0, 0.05) is 70.5 Å². The molecule has 13 fully saturated rings. The van der Waals surface area contributed by atoms with Gasteiger partial charge in [-0.3, -0.25) is 48.3 Å². The highest BCUT2D eigenvalue weighted by Crippen LogP contribution is 2.70. The van der Waals surface area contributed by atoms with Crippen LogP contribution >= 0.6 is 34.5 Å². The lowest BCUT2D eigenvalue weighted by Gasteiger charge is -2.70. The maximum absolute atomic E-state index is 13.6. The number of aromatic nitrogens is 6. The molecule has 1 aliphatic heterocycles. The molecule has 6 amide bonds. The van der Waals surface area contributed by atoms with Crippen LogP contribution in [0.25, 0.3) is 0 Å². The highest BCUT2D eigenvalue weighted by Gasteiger charge is 2.70. The molecule has 13 aliphatic rings. The summed E-state index contributed by atoms with van der Waals surface area (Å²) in [4.78, 5) is 124. The van der Waals surface area contributed by atoms with Crippen LogP contribution in [0.3, 0.4) is 0 Å². The maximum atomic E-state index is 13.6. The largest absolute Gasteiger partial charge is 0.486 e. The molecular weight excluding hydrogens is 1740 g/mol. The molecule has 12 aliphatic carbocycles. The molecular formula is C90H95Cl2F7N12O16S. The van der Waals surface area contributed by atoms with Gasteiger partial charge in [-0.15, -0.1) is 11.3 Å². The number of benzene rings is 4. The van der Waals surface area contributed by atoms with Crippen LogP contribution < -0.4 is 55.6 Å². The van der Waals surface area contributed by atoms with Crippen molar-refractivity contribution < 1.29 is 108 Å². The molecule has 21 rings (SSSR count). The number of amides is 6. The summed E-state index contributed by atoms with van der Waals surface area (Å²) in [5.41, 5.74) is -1.59. The third kappa shape index (κ3) is 21.6. The summed E-state index contributed by atoms with van der Waals surface area (Å²) in [5, 5.41) is 40.9. The number of aliphatic hydroxyl groups excluding tert-OH is 2. The first-order valence-electron chi connectivity index (χ1n) is 41.7. The third-order valence-corrected chi connectivity index (χ3v) is 27.3. The number of aliphatic hydroxyl groups is 2. The van der Waals surface area contributed by atoms with Crippen LogP contribution in [-0.4, -0.2) is 178 Å². The van der Waals surface area contributed by atoms with Crippen molar-refractivity contribution in [1.29, 1.82) is 0 Å². The van der Waals surface area contributed by atoms with Crippen molar-refractivity contribution in [2.75, 3.05) is 39.6 Å². The Kier molecular flexibility index (Phi) is 27.6. The zero-order valence-electron chi connectivity index (χ0n) is 70.4. The van der Waals surface area contributed by atoms with E-state index in [9.17, 15) is 79.3 Å². The first-order chi connectivity index (χ1) is 60.8. The van der Waals surface area contributed by atoms with E-state index in [1.54, 1.807) is 62.4 Å². The zero-order valence-corrected chi connectivity index (χ0v) is 72.8. The summed E-state index contributed by atoms with van der Waals surface area (Å²) in [6, 6.07) is 21.6. The average molecular weight is 1840 g/mol. The van der Waals surface area contributed by atoms with Gasteiger partial charge in [-0.2, -0.15) is 0 Å². The predicted octanol–water partition coefficient (Wildman–Crippen LogP) is 13.0. The number of hydrogen-bond donors (Lipinski definition) is 8. The predicted molar refractivity (Wildman–Crippen MR) is 449 cm³/mol. The maximum Gasteiger partial charge on any atom is 0.281 e. The Morgan fingerprint density at radius 3 is 1.31 bits per heavy atom. The molecule has 5 heterocycles. The number of ketones is 2. The standard InChI is InChI=1S/C24H25ClN2O5.2C23H25F3N4O4.C20H20ClFN2O3S/c1-15-6-18(3-4-20(15)25)31-9-17(28)7-23-12-24(13-23,14-23)27-22(29)16-2-5-21(26-8-16)32-19-10-30-11-19;2*1-13-2-3-14(8-15(13)24)34-12-19(32)29-22-4-6-23(7-5-22,18(31)9-22)30-21(33)17-11-27-16(10-28-17)20(25)26;1-11-18(28-12(2)23-11)16(25)6-19-8-20(9-19,10-19)24-17(26)7-27-13-3-4-14(21)15(22)5-13/h2-6,8,19H,7,9-14H2,1H3,(H,27,29);2*2-3,8,10-11,18,20,31H,4-7,9,12H2,1H3,(H,29,32)(H,30,33);3-5H,6-10H2,1-2H3,(H,24,26)/t;2*18-,22?,23?;/m.10./s1. The average Bonchev–Trinajstić information content (AvgIpc) is 0.761. The van der Waals surface area contributed by atoms with Crippen LogP contribution in [0, 0.1) is 62.9 Å². The number of halogens is 9. The van der Waals surface area contributed by atoms with Crippen molar-refractivity contribution in [3.8, 4) is 28.9 Å². The quantitative estimate of drug-likeness (QED) is 0.0153. The fourth-order valence-electron chi connectivity index (χ4n) is 18.9. The van der Waals surface area contributed by atoms with Gasteiger partial charge in [0.25, 0.3) is 48.3 Å². The number of nitrogens with zero attached hydrogens (tertiary/aromatic N) is 6. The molecule has 4 aromatic heterocycles. The number of ether oxygens (including phenoxy) is 6. The van der Waals surface area contributed by atoms with Crippen molar-refractivity contribution in [3.05, 3.63) is 204 Å². The van der Waals surface area contributed by atoms with Crippen molar-refractivity contribution in [1.82, 2.24) is 61.8 Å². The van der Waals surface area contributed by atoms with Crippen LogP contribution in [0.4, 0.5) is 30.7 Å². The second kappa shape index (κ2) is 37.9. The van der Waals surface area contributed by atoms with Gasteiger partial charge in [-0.25, -0.2) is 50.7 Å². The van der Waals surface area contributed by atoms with Gasteiger partial charge >= 0.3 is 0 Å². The molecule has 38 heteroatoms. The Labute approximate surface area is 745 Å². The fourth-order valence-corrected chi connectivity index (χ4v) is 20.0. The van der Waals surface area contributed by atoms with Crippen molar-refractivity contribution in [3.63, 3.8) is 0 Å². The summed E-state index contributed by atoms with van der Waals surface area (Å²) in [7, 11) is 0. The van der Waals surface area contributed by atoms with E-state index in [2.05, 4.69) is 61.8 Å². The smallest absolute Gasteiger partial charge is 0.281 e. The fraction of sp³-hybridized carbons (Fsp3) is 0.467. The molecule has 4 aromatic carbocycles. The minimum Gasteiger partial charge on any atom is -0.486 e. The van der Waals surface area contributed by atoms with Crippen LogP contribution in [0.15, 0.2) is 116 Å². The van der Waals surface area contributed by atoms with Crippen molar-refractivity contribution in [2.24, 2.45) is 10.8 Å². The van der Waals surface area contributed by atoms with E-state index in [0.717, 1.165) is 90.5 Å². The molecule has 12 saturated carbocycles. The zero-order chi connectivity index (χ0) is 91.5. The molecule has 1 saturated heterocycles. The molecule has 8 aromatic rings.